The fraction of sp³-hybridized carbons (Fsp3) is 0.739. The van der Waals surface area contributed by atoms with Crippen LogP contribution in [0.4, 0.5) is 0 Å². The molecule has 2 fully saturated rings. The van der Waals surface area contributed by atoms with Crippen LogP contribution in [0.3, 0.4) is 0 Å². The van der Waals surface area contributed by atoms with Gasteiger partial charge in [0.05, 0.1) is 0 Å². The van der Waals surface area contributed by atoms with Gasteiger partial charge in [0, 0.05) is 16.9 Å². The molecule has 0 N–H and O–H groups in total. The Balaban J connectivity index is 1.80. The van der Waals surface area contributed by atoms with Gasteiger partial charge in [-0.3, -0.25) is 9.59 Å². The molecule has 2 nitrogen and oxygen atoms in total. The fourth-order valence-corrected chi connectivity index (χ4v) is 8.03. The van der Waals surface area contributed by atoms with Crippen molar-refractivity contribution >= 4 is 23.2 Å². The third-order valence-corrected chi connectivity index (χ3v) is 9.53. The molecule has 0 radical (unpaired) electrons. The predicted octanol–water partition coefficient (Wildman–Crippen LogP) is 5.85. The van der Waals surface area contributed by atoms with E-state index >= 15 is 0 Å². The minimum atomic E-state index is -0.164. The van der Waals surface area contributed by atoms with Gasteiger partial charge in [-0.15, -0.1) is 0 Å². The summed E-state index contributed by atoms with van der Waals surface area (Å²) < 4.78 is 0. The molecule has 142 valence electrons. The van der Waals surface area contributed by atoms with Crippen molar-refractivity contribution in [3.8, 4) is 0 Å². The number of halogens is 1. The topological polar surface area (TPSA) is 34.1 Å². The van der Waals surface area contributed by atoms with Gasteiger partial charge in [-0.1, -0.05) is 38.4 Å². The van der Waals surface area contributed by atoms with Gasteiger partial charge in [0.1, 0.15) is 5.78 Å². The molecule has 0 spiro atoms. The number of carbonyl (C=O) groups is 2. The van der Waals surface area contributed by atoms with Crippen LogP contribution >= 0.6 is 11.6 Å². The summed E-state index contributed by atoms with van der Waals surface area (Å²) in [5, 5.41) is 0.794. The lowest BCUT2D eigenvalue weighted by molar-refractivity contribution is -0.139. The van der Waals surface area contributed by atoms with E-state index < -0.39 is 0 Å². The van der Waals surface area contributed by atoms with E-state index in [9.17, 15) is 9.59 Å². The second kappa shape index (κ2) is 5.80. The molecule has 0 aromatic heterocycles. The van der Waals surface area contributed by atoms with Crippen LogP contribution in [-0.2, 0) is 9.59 Å². The Morgan fingerprint density at radius 2 is 1.88 bits per heavy atom. The lowest BCUT2D eigenvalue weighted by atomic mass is 9.46. The molecule has 0 saturated heterocycles. The number of fused-ring (bicyclic) bond motifs is 5. The molecule has 4 rings (SSSR count). The van der Waals surface area contributed by atoms with Crippen molar-refractivity contribution in [1.29, 1.82) is 0 Å². The Bertz CT molecular complexity index is 734. The van der Waals surface area contributed by atoms with E-state index in [4.69, 9.17) is 11.6 Å². The molecule has 0 amide bonds. The second-order valence-electron chi connectivity index (χ2n) is 9.73. The normalized spacial score (nSPS) is 47.4. The number of rotatable bonds is 2. The van der Waals surface area contributed by atoms with Crippen LogP contribution in [-0.4, -0.2) is 11.6 Å². The van der Waals surface area contributed by atoms with Crippen molar-refractivity contribution in [2.75, 3.05) is 0 Å². The fourth-order valence-electron chi connectivity index (χ4n) is 7.62. The van der Waals surface area contributed by atoms with Crippen LogP contribution in [0.25, 0.3) is 0 Å². The first-order valence-corrected chi connectivity index (χ1v) is 10.7. The zero-order valence-electron chi connectivity index (χ0n) is 16.5. The molecule has 0 bridgehead atoms. The van der Waals surface area contributed by atoms with E-state index in [1.807, 2.05) is 13.0 Å². The SMILES string of the molecule is CC[C@]1(C(C)=O)CC[C@H]2[C@@H]3C=C(Cl)C4=CC(=O)CC[C@]4(C)[C@H]3CC[C@@]21C. The molecule has 4 aliphatic carbocycles. The van der Waals surface area contributed by atoms with Crippen LogP contribution < -0.4 is 0 Å². The first kappa shape index (κ1) is 18.5. The van der Waals surface area contributed by atoms with E-state index in [-0.39, 0.29) is 22.0 Å². The molecule has 0 aromatic rings. The standard InChI is InChI=1S/C23H31ClO2/c1-5-23(14(2)25)11-8-18-16-13-20(24)19-12-15(26)6-9-21(19,3)17(16)7-10-22(18,23)4/h12-13,16-18H,5-11H2,1-4H3/t16-,17+,18+,21-,22+,23-/m1/s1. The highest BCUT2D eigenvalue weighted by Gasteiger charge is 2.64. The van der Waals surface area contributed by atoms with Crippen LogP contribution in [0, 0.1) is 34.0 Å². The van der Waals surface area contributed by atoms with Crippen LogP contribution in [0.2, 0.25) is 0 Å². The lowest BCUT2D eigenvalue weighted by Crippen LogP contribution is -2.53. The van der Waals surface area contributed by atoms with Crippen molar-refractivity contribution in [3.63, 3.8) is 0 Å². The average molecular weight is 375 g/mol. The molecular weight excluding hydrogens is 344 g/mol. The van der Waals surface area contributed by atoms with Crippen LogP contribution in [0.1, 0.15) is 72.6 Å². The summed E-state index contributed by atoms with van der Waals surface area (Å²) in [5.74, 6) is 2.09. The molecule has 0 heterocycles. The van der Waals surface area contributed by atoms with Crippen molar-refractivity contribution in [2.24, 2.45) is 34.0 Å². The minimum absolute atomic E-state index is 0.0133. The molecular formula is C23H31ClO2. The summed E-state index contributed by atoms with van der Waals surface area (Å²) in [6, 6.07) is 0. The monoisotopic (exact) mass is 374 g/mol. The number of Topliss-reactive ketones (excluding diaryl/α,β-unsaturated/α-hetero) is 1. The summed E-state index contributed by atoms with van der Waals surface area (Å²) in [7, 11) is 0. The zero-order chi connectivity index (χ0) is 18.9. The largest absolute Gasteiger partial charge is 0.299 e. The molecule has 4 aliphatic rings. The Morgan fingerprint density at radius 1 is 1.19 bits per heavy atom. The smallest absolute Gasteiger partial charge is 0.156 e. The summed E-state index contributed by atoms with van der Waals surface area (Å²) in [6.45, 7) is 8.71. The summed E-state index contributed by atoms with van der Waals surface area (Å²) in [4.78, 5) is 24.7. The number of hydrogen-bond acceptors (Lipinski definition) is 2. The quantitative estimate of drug-likeness (QED) is 0.607. The molecule has 0 aromatic carbocycles. The van der Waals surface area contributed by atoms with Gasteiger partial charge in [0.25, 0.3) is 0 Å². The summed E-state index contributed by atoms with van der Waals surface area (Å²) >= 11 is 6.74. The number of ketones is 2. The van der Waals surface area contributed by atoms with Crippen molar-refractivity contribution < 1.29 is 9.59 Å². The molecule has 0 aliphatic heterocycles. The van der Waals surface area contributed by atoms with Gasteiger partial charge in [-0.05, 0) is 85.7 Å². The molecule has 2 saturated carbocycles. The molecule has 6 atom stereocenters. The van der Waals surface area contributed by atoms with E-state index in [2.05, 4.69) is 26.8 Å². The summed E-state index contributed by atoms with van der Waals surface area (Å²) in [5.41, 5.74) is 0.999. The predicted molar refractivity (Wildman–Crippen MR) is 105 cm³/mol. The average Bonchev–Trinajstić information content (AvgIpc) is 2.90. The first-order chi connectivity index (χ1) is 12.2. The van der Waals surface area contributed by atoms with Gasteiger partial charge >= 0.3 is 0 Å². The Hall–Kier alpha value is -0.890. The minimum Gasteiger partial charge on any atom is -0.299 e. The summed E-state index contributed by atoms with van der Waals surface area (Å²) in [6.07, 6.45) is 11.0. The third kappa shape index (κ3) is 2.11. The Morgan fingerprint density at radius 3 is 2.54 bits per heavy atom. The zero-order valence-corrected chi connectivity index (χ0v) is 17.3. The van der Waals surface area contributed by atoms with Gasteiger partial charge in [0.15, 0.2) is 5.78 Å². The second-order valence-corrected chi connectivity index (χ2v) is 10.1. The Kier molecular flexibility index (Phi) is 4.12. The highest BCUT2D eigenvalue weighted by Crippen LogP contribution is 2.70. The van der Waals surface area contributed by atoms with E-state index in [0.717, 1.165) is 49.1 Å². The Labute approximate surface area is 162 Å². The maximum absolute atomic E-state index is 12.7. The highest BCUT2D eigenvalue weighted by molar-refractivity contribution is 6.32. The van der Waals surface area contributed by atoms with E-state index in [1.54, 1.807) is 0 Å². The number of hydrogen-bond donors (Lipinski definition) is 0. The first-order valence-electron chi connectivity index (χ1n) is 10.3. The maximum Gasteiger partial charge on any atom is 0.156 e. The van der Waals surface area contributed by atoms with Crippen molar-refractivity contribution in [2.45, 2.75) is 72.6 Å². The van der Waals surface area contributed by atoms with Crippen molar-refractivity contribution in [1.82, 2.24) is 0 Å². The number of allylic oxidation sites excluding steroid dienone is 4. The van der Waals surface area contributed by atoms with E-state index in [1.165, 1.54) is 0 Å². The van der Waals surface area contributed by atoms with Crippen molar-refractivity contribution in [3.05, 3.63) is 22.8 Å². The van der Waals surface area contributed by atoms with Gasteiger partial charge in [-0.25, -0.2) is 0 Å². The van der Waals surface area contributed by atoms with Gasteiger partial charge < -0.3 is 0 Å². The van der Waals surface area contributed by atoms with Crippen LogP contribution in [0.5, 0.6) is 0 Å². The highest BCUT2D eigenvalue weighted by atomic mass is 35.5. The molecule has 26 heavy (non-hydrogen) atoms. The van der Waals surface area contributed by atoms with Crippen LogP contribution in [0.15, 0.2) is 22.8 Å². The molecule has 3 heteroatoms. The maximum atomic E-state index is 12.7. The number of carbonyl (C=O) groups excluding carboxylic acids is 2. The van der Waals surface area contributed by atoms with Gasteiger partial charge in [-0.2, -0.15) is 0 Å². The molecule has 0 unspecified atom stereocenters. The van der Waals surface area contributed by atoms with E-state index in [0.29, 0.717) is 30.0 Å². The third-order valence-electron chi connectivity index (χ3n) is 9.20. The van der Waals surface area contributed by atoms with Gasteiger partial charge in [0.2, 0.25) is 0 Å². The lowest BCUT2D eigenvalue weighted by Gasteiger charge is -2.58.